The number of fused-ring (bicyclic) bond motifs is 1. The second-order valence-corrected chi connectivity index (χ2v) is 2.67. The van der Waals surface area contributed by atoms with Gasteiger partial charge in [0.05, 0.1) is 5.71 Å². The molecule has 1 aliphatic heterocycles. The molecule has 0 bridgehead atoms. The van der Waals surface area contributed by atoms with Crippen molar-refractivity contribution in [2.45, 2.75) is 6.92 Å². The molecule has 0 fully saturated rings. The fraction of sp³-hybridized carbons (Fsp3) is 0.222. The van der Waals surface area contributed by atoms with E-state index >= 15 is 0 Å². The van der Waals surface area contributed by atoms with Crippen LogP contribution in [0.25, 0.3) is 0 Å². The van der Waals surface area contributed by atoms with Gasteiger partial charge >= 0.3 is 0 Å². The van der Waals surface area contributed by atoms with Gasteiger partial charge in [0, 0.05) is 12.1 Å². The Morgan fingerprint density at radius 2 is 2.30 bits per heavy atom. The topological polar surface area (TPSA) is 12.4 Å². The number of rotatable bonds is 0. The summed E-state index contributed by atoms with van der Waals surface area (Å²) in [5.74, 6) is 0.463. The summed E-state index contributed by atoms with van der Waals surface area (Å²) in [7, 11) is 0. The predicted molar refractivity (Wildman–Crippen MR) is 43.0 cm³/mol. The molecule has 0 radical (unpaired) electrons. The maximum Gasteiger partial charge on any atom is 0.0511 e. The first-order chi connectivity index (χ1) is 4.86. The minimum absolute atomic E-state index is 0.463. The first-order valence-electron chi connectivity index (χ1n) is 3.47. The highest BCUT2D eigenvalue weighted by molar-refractivity contribution is 6.02. The summed E-state index contributed by atoms with van der Waals surface area (Å²) in [4.78, 5) is 4.20. The van der Waals surface area contributed by atoms with Crippen molar-refractivity contribution in [1.82, 2.24) is 0 Å². The van der Waals surface area contributed by atoms with Crippen molar-refractivity contribution in [3.8, 4) is 0 Å². The van der Waals surface area contributed by atoms with E-state index in [4.69, 9.17) is 0 Å². The zero-order valence-corrected chi connectivity index (χ0v) is 5.91. The predicted octanol–water partition coefficient (Wildman–Crippen LogP) is 2.09. The second kappa shape index (κ2) is 1.94. The van der Waals surface area contributed by atoms with Gasteiger partial charge in [-0.25, -0.2) is 0 Å². The molecule has 0 aromatic heterocycles. The summed E-state index contributed by atoms with van der Waals surface area (Å²) < 4.78 is 0. The molecule has 1 heterocycles. The Morgan fingerprint density at radius 3 is 3.20 bits per heavy atom. The highest BCUT2D eigenvalue weighted by Gasteiger charge is 2.13. The van der Waals surface area contributed by atoms with E-state index in [1.807, 2.05) is 6.20 Å². The molecule has 10 heavy (non-hydrogen) atoms. The van der Waals surface area contributed by atoms with E-state index in [0.717, 1.165) is 0 Å². The molecule has 0 saturated carbocycles. The highest BCUT2D eigenvalue weighted by Crippen LogP contribution is 2.19. The molecule has 0 aromatic carbocycles. The van der Waals surface area contributed by atoms with E-state index in [0.29, 0.717) is 5.92 Å². The van der Waals surface area contributed by atoms with Crippen molar-refractivity contribution in [2.24, 2.45) is 10.9 Å². The fourth-order valence-corrected chi connectivity index (χ4v) is 1.26. The summed E-state index contributed by atoms with van der Waals surface area (Å²) in [6, 6.07) is 0. The Morgan fingerprint density at radius 1 is 1.40 bits per heavy atom. The third-order valence-corrected chi connectivity index (χ3v) is 1.82. The van der Waals surface area contributed by atoms with E-state index in [1.165, 1.54) is 11.3 Å². The Kier molecular flexibility index (Phi) is 1.10. The highest BCUT2D eigenvalue weighted by atomic mass is 14.7. The third kappa shape index (κ3) is 0.747. The lowest BCUT2D eigenvalue weighted by molar-refractivity contribution is 1.13. The summed E-state index contributed by atoms with van der Waals surface area (Å²) in [5.41, 5.74) is 2.50. The van der Waals surface area contributed by atoms with Gasteiger partial charge in [0.1, 0.15) is 0 Å². The minimum atomic E-state index is 0.463. The van der Waals surface area contributed by atoms with E-state index in [2.05, 4.69) is 36.2 Å². The Bertz CT molecular complexity index is 266. The summed E-state index contributed by atoms with van der Waals surface area (Å²) >= 11 is 0. The molecule has 0 N–H and O–H groups in total. The van der Waals surface area contributed by atoms with Crippen LogP contribution < -0.4 is 0 Å². The largest absolute Gasteiger partial charge is 0.261 e. The molecular weight excluding hydrogens is 122 g/mol. The van der Waals surface area contributed by atoms with Gasteiger partial charge in [0.25, 0.3) is 0 Å². The van der Waals surface area contributed by atoms with E-state index in [9.17, 15) is 0 Å². The lowest BCUT2D eigenvalue weighted by atomic mass is 9.96. The van der Waals surface area contributed by atoms with E-state index in [-0.39, 0.29) is 0 Å². The standard InChI is InChI=1S/C9H9N/c1-7-2-3-9-8(6-7)4-5-10-9/h2-6,8H,1H3. The quantitative estimate of drug-likeness (QED) is 0.477. The van der Waals surface area contributed by atoms with Crippen molar-refractivity contribution in [3.05, 3.63) is 36.1 Å². The van der Waals surface area contributed by atoms with Crippen LogP contribution >= 0.6 is 0 Å². The van der Waals surface area contributed by atoms with E-state index < -0.39 is 0 Å². The number of hydrogen-bond acceptors (Lipinski definition) is 1. The summed E-state index contributed by atoms with van der Waals surface area (Å²) in [6.07, 6.45) is 10.4. The van der Waals surface area contributed by atoms with Gasteiger partial charge in [-0.05, 0) is 13.0 Å². The van der Waals surface area contributed by atoms with Crippen LogP contribution in [0.1, 0.15) is 6.92 Å². The molecule has 0 amide bonds. The van der Waals surface area contributed by atoms with Crippen molar-refractivity contribution in [1.29, 1.82) is 0 Å². The Balaban J connectivity index is 2.39. The van der Waals surface area contributed by atoms with Gasteiger partial charge in [0.15, 0.2) is 0 Å². The molecule has 0 saturated heterocycles. The van der Waals surface area contributed by atoms with Crippen molar-refractivity contribution >= 4 is 5.71 Å². The number of allylic oxidation sites excluding steroid dienone is 5. The van der Waals surface area contributed by atoms with Crippen LogP contribution in [0.15, 0.2) is 41.1 Å². The van der Waals surface area contributed by atoms with Crippen LogP contribution in [0, 0.1) is 5.92 Å². The maximum absolute atomic E-state index is 4.20. The molecule has 1 nitrogen and oxygen atoms in total. The minimum Gasteiger partial charge on any atom is -0.261 e. The van der Waals surface area contributed by atoms with Gasteiger partial charge in [-0.15, -0.1) is 0 Å². The van der Waals surface area contributed by atoms with Crippen molar-refractivity contribution in [2.75, 3.05) is 0 Å². The second-order valence-electron chi connectivity index (χ2n) is 2.67. The molecule has 1 unspecified atom stereocenters. The Hall–Kier alpha value is -1.11. The SMILES string of the molecule is CC1=CC2C=CN=C2C=C1. The number of nitrogens with zero attached hydrogens (tertiary/aromatic N) is 1. The van der Waals surface area contributed by atoms with Gasteiger partial charge < -0.3 is 0 Å². The lowest BCUT2D eigenvalue weighted by Crippen LogP contribution is -2.06. The van der Waals surface area contributed by atoms with Gasteiger partial charge in [-0.1, -0.05) is 23.8 Å². The molecule has 50 valence electrons. The third-order valence-electron chi connectivity index (χ3n) is 1.82. The molecule has 2 rings (SSSR count). The average molecular weight is 131 g/mol. The van der Waals surface area contributed by atoms with Gasteiger partial charge in [-0.3, -0.25) is 4.99 Å². The first kappa shape index (κ1) is 5.66. The number of hydrogen-bond donors (Lipinski definition) is 0. The Labute approximate surface area is 60.5 Å². The van der Waals surface area contributed by atoms with Crippen LogP contribution in [0.5, 0.6) is 0 Å². The van der Waals surface area contributed by atoms with Crippen molar-refractivity contribution < 1.29 is 0 Å². The first-order valence-corrected chi connectivity index (χ1v) is 3.47. The molecule has 2 aliphatic rings. The summed E-state index contributed by atoms with van der Waals surface area (Å²) in [6.45, 7) is 2.11. The van der Waals surface area contributed by atoms with Crippen LogP contribution in [0.4, 0.5) is 0 Å². The molecule has 1 atom stereocenters. The zero-order chi connectivity index (χ0) is 6.97. The molecule has 0 aromatic rings. The normalized spacial score (nSPS) is 27.9. The smallest absolute Gasteiger partial charge is 0.0511 e. The average Bonchev–Trinajstić information content (AvgIpc) is 2.33. The van der Waals surface area contributed by atoms with Crippen LogP contribution in [-0.4, -0.2) is 5.71 Å². The summed E-state index contributed by atoms with van der Waals surface area (Å²) in [5, 5.41) is 0. The maximum atomic E-state index is 4.20. The van der Waals surface area contributed by atoms with E-state index in [1.54, 1.807) is 0 Å². The molecule has 1 heteroatoms. The molecule has 1 aliphatic carbocycles. The van der Waals surface area contributed by atoms with Crippen LogP contribution in [-0.2, 0) is 0 Å². The fourth-order valence-electron chi connectivity index (χ4n) is 1.26. The number of aliphatic imine (C=N–C) groups is 1. The van der Waals surface area contributed by atoms with Crippen LogP contribution in [0.3, 0.4) is 0 Å². The van der Waals surface area contributed by atoms with Crippen LogP contribution in [0.2, 0.25) is 0 Å². The molecule has 0 spiro atoms. The van der Waals surface area contributed by atoms with Crippen molar-refractivity contribution in [3.63, 3.8) is 0 Å². The lowest BCUT2D eigenvalue weighted by Gasteiger charge is -2.08. The zero-order valence-electron chi connectivity index (χ0n) is 5.91. The molecular formula is C9H9N. The van der Waals surface area contributed by atoms with Gasteiger partial charge in [0.2, 0.25) is 0 Å². The monoisotopic (exact) mass is 131 g/mol. The van der Waals surface area contributed by atoms with Gasteiger partial charge in [-0.2, -0.15) is 0 Å².